The van der Waals surface area contributed by atoms with Gasteiger partial charge in [0.1, 0.15) is 6.17 Å². The maximum atomic E-state index is 15.2. The molecule has 3 saturated carbocycles. The predicted molar refractivity (Wildman–Crippen MR) is 81.1 cm³/mol. The third kappa shape index (κ3) is 1.64. The number of allylic oxidation sites excluding steroid dienone is 2. The van der Waals surface area contributed by atoms with Crippen LogP contribution in [0.2, 0.25) is 0 Å². The van der Waals surface area contributed by atoms with Gasteiger partial charge < -0.3 is 0 Å². The Morgan fingerprint density at radius 3 is 2.80 bits per heavy atom. The first-order valence-corrected chi connectivity index (χ1v) is 8.86. The van der Waals surface area contributed by atoms with Crippen molar-refractivity contribution in [3.63, 3.8) is 0 Å². The molecule has 1 unspecified atom stereocenters. The number of fused-ring (bicyclic) bond motifs is 5. The van der Waals surface area contributed by atoms with Crippen LogP contribution in [0.3, 0.4) is 0 Å². The predicted octanol–water partition coefficient (Wildman–Crippen LogP) is 5.53. The van der Waals surface area contributed by atoms with Crippen molar-refractivity contribution in [2.24, 2.45) is 34.5 Å². The van der Waals surface area contributed by atoms with Crippen molar-refractivity contribution in [1.82, 2.24) is 0 Å². The van der Waals surface area contributed by atoms with Crippen molar-refractivity contribution in [1.29, 1.82) is 0 Å². The van der Waals surface area contributed by atoms with Gasteiger partial charge >= 0.3 is 0 Å². The molecule has 0 aliphatic heterocycles. The Morgan fingerprint density at radius 1 is 1.10 bits per heavy atom. The van der Waals surface area contributed by atoms with Crippen molar-refractivity contribution < 1.29 is 4.39 Å². The number of alkyl halides is 1. The highest BCUT2D eigenvalue weighted by molar-refractivity contribution is 5.16. The lowest BCUT2D eigenvalue weighted by molar-refractivity contribution is -0.112. The zero-order chi connectivity index (χ0) is 14.0. The van der Waals surface area contributed by atoms with Crippen LogP contribution < -0.4 is 0 Å². The second-order valence-electron chi connectivity index (χ2n) is 8.68. The van der Waals surface area contributed by atoms with Gasteiger partial charge in [-0.25, -0.2) is 4.39 Å². The van der Waals surface area contributed by atoms with E-state index in [9.17, 15) is 0 Å². The van der Waals surface area contributed by atoms with Crippen molar-refractivity contribution in [2.45, 2.75) is 71.4 Å². The van der Waals surface area contributed by atoms with Crippen LogP contribution in [0, 0.1) is 34.5 Å². The molecule has 1 heteroatoms. The molecule has 20 heavy (non-hydrogen) atoms. The topological polar surface area (TPSA) is 0 Å². The molecule has 0 aromatic rings. The normalized spacial score (nSPS) is 57.9. The summed E-state index contributed by atoms with van der Waals surface area (Å²) in [5.74, 6) is 2.54. The molecule has 0 saturated heterocycles. The molecule has 4 aliphatic rings. The largest absolute Gasteiger partial charge is 0.247 e. The molecule has 0 N–H and O–H groups in total. The second kappa shape index (κ2) is 4.34. The Hall–Kier alpha value is -0.330. The Morgan fingerprint density at radius 2 is 1.95 bits per heavy atom. The molecule has 0 heterocycles. The van der Waals surface area contributed by atoms with Crippen LogP contribution in [0.5, 0.6) is 0 Å². The number of hydrogen-bond donors (Lipinski definition) is 0. The van der Waals surface area contributed by atoms with Crippen LogP contribution >= 0.6 is 0 Å². The van der Waals surface area contributed by atoms with E-state index in [1.54, 1.807) is 0 Å². The van der Waals surface area contributed by atoms with Gasteiger partial charge in [0.05, 0.1) is 0 Å². The van der Waals surface area contributed by atoms with Gasteiger partial charge in [-0.2, -0.15) is 0 Å². The Labute approximate surface area is 123 Å². The van der Waals surface area contributed by atoms with Gasteiger partial charge in [-0.3, -0.25) is 0 Å². The summed E-state index contributed by atoms with van der Waals surface area (Å²) in [6.07, 6.45) is 14.2. The average Bonchev–Trinajstić information content (AvgIpc) is 2.78. The molecule has 4 rings (SSSR count). The summed E-state index contributed by atoms with van der Waals surface area (Å²) >= 11 is 0. The van der Waals surface area contributed by atoms with E-state index in [1.165, 1.54) is 44.9 Å². The van der Waals surface area contributed by atoms with Gasteiger partial charge in [0.15, 0.2) is 0 Å². The summed E-state index contributed by atoms with van der Waals surface area (Å²) in [5.41, 5.74) is 0.479. The highest BCUT2D eigenvalue weighted by Gasteiger charge is 2.60. The number of hydrogen-bond acceptors (Lipinski definition) is 0. The maximum Gasteiger partial charge on any atom is 0.105 e. The molecule has 0 nitrogen and oxygen atoms in total. The lowest BCUT2D eigenvalue weighted by Gasteiger charge is -2.59. The number of halogens is 1. The molecule has 4 aliphatic carbocycles. The molecule has 112 valence electrons. The first-order valence-electron chi connectivity index (χ1n) is 8.86. The Kier molecular flexibility index (Phi) is 2.89. The molecule has 0 aromatic carbocycles. The minimum Gasteiger partial charge on any atom is -0.247 e. The summed E-state index contributed by atoms with van der Waals surface area (Å²) in [6.45, 7) is 4.77. The van der Waals surface area contributed by atoms with E-state index in [2.05, 4.69) is 26.0 Å². The third-order valence-corrected chi connectivity index (χ3v) is 7.79. The van der Waals surface area contributed by atoms with Crippen molar-refractivity contribution in [3.8, 4) is 0 Å². The molecule has 7 atom stereocenters. The zero-order valence-electron chi connectivity index (χ0n) is 13.1. The highest BCUT2D eigenvalue weighted by atomic mass is 19.1. The SMILES string of the molecule is C[C@@]12CCC[C@H]1[C@@H]1CCC3CCC=C[C@]3(C)[C@H]1[C@@H](F)C2. The molecule has 0 amide bonds. The fourth-order valence-electron chi connectivity index (χ4n) is 6.88. The Balaban J connectivity index is 1.73. The van der Waals surface area contributed by atoms with E-state index in [-0.39, 0.29) is 5.41 Å². The molecule has 3 fully saturated rings. The summed E-state index contributed by atoms with van der Waals surface area (Å²) in [4.78, 5) is 0. The summed E-state index contributed by atoms with van der Waals surface area (Å²) in [7, 11) is 0. The van der Waals surface area contributed by atoms with Gasteiger partial charge in [0.25, 0.3) is 0 Å². The van der Waals surface area contributed by atoms with Gasteiger partial charge in [0.2, 0.25) is 0 Å². The van der Waals surface area contributed by atoms with E-state index in [1.807, 2.05) is 0 Å². The molecule has 0 radical (unpaired) electrons. The van der Waals surface area contributed by atoms with Gasteiger partial charge in [-0.1, -0.05) is 32.4 Å². The van der Waals surface area contributed by atoms with Crippen molar-refractivity contribution in [3.05, 3.63) is 12.2 Å². The lowest BCUT2D eigenvalue weighted by Crippen LogP contribution is -2.55. The minimum absolute atomic E-state index is 0.157. The molecular formula is C19H29F. The first-order chi connectivity index (χ1) is 9.55. The van der Waals surface area contributed by atoms with E-state index >= 15 is 4.39 Å². The van der Waals surface area contributed by atoms with E-state index in [0.717, 1.165) is 18.3 Å². The summed E-state index contributed by atoms with van der Waals surface area (Å²) in [5, 5.41) is 0. The summed E-state index contributed by atoms with van der Waals surface area (Å²) in [6, 6.07) is 0. The van der Waals surface area contributed by atoms with Crippen molar-refractivity contribution >= 4 is 0 Å². The van der Waals surface area contributed by atoms with Gasteiger partial charge in [-0.15, -0.1) is 0 Å². The van der Waals surface area contributed by atoms with Crippen LogP contribution in [-0.4, -0.2) is 6.17 Å². The standard InChI is InChI=1S/C19H29F/c1-18-10-5-7-15(18)14-9-8-13-6-3-4-11-19(13,2)17(14)16(20)12-18/h4,11,13-17H,3,5-10,12H2,1-2H3/t13?,14-,15-,16-,17+,18-,19-/m0/s1. The van der Waals surface area contributed by atoms with E-state index in [0.29, 0.717) is 17.3 Å². The van der Waals surface area contributed by atoms with Crippen LogP contribution in [0.1, 0.15) is 65.2 Å². The van der Waals surface area contributed by atoms with E-state index < -0.39 is 6.17 Å². The second-order valence-corrected chi connectivity index (χ2v) is 8.68. The van der Waals surface area contributed by atoms with E-state index in [4.69, 9.17) is 0 Å². The van der Waals surface area contributed by atoms with Crippen LogP contribution in [0.4, 0.5) is 4.39 Å². The summed E-state index contributed by atoms with van der Waals surface area (Å²) < 4.78 is 15.2. The Bertz CT molecular complexity index is 427. The maximum absolute atomic E-state index is 15.2. The monoisotopic (exact) mass is 276 g/mol. The highest BCUT2D eigenvalue weighted by Crippen LogP contribution is 2.65. The van der Waals surface area contributed by atoms with Gasteiger partial charge in [-0.05, 0) is 73.5 Å². The molecule has 0 aromatic heterocycles. The quantitative estimate of drug-likeness (QED) is 0.510. The van der Waals surface area contributed by atoms with Crippen LogP contribution in [0.25, 0.3) is 0 Å². The fraction of sp³-hybridized carbons (Fsp3) is 0.895. The molecular weight excluding hydrogens is 247 g/mol. The first kappa shape index (κ1) is 13.3. The van der Waals surface area contributed by atoms with Crippen LogP contribution in [-0.2, 0) is 0 Å². The molecule has 0 bridgehead atoms. The molecule has 0 spiro atoms. The van der Waals surface area contributed by atoms with Crippen LogP contribution in [0.15, 0.2) is 12.2 Å². The average molecular weight is 276 g/mol. The van der Waals surface area contributed by atoms with Gasteiger partial charge in [0, 0.05) is 5.92 Å². The lowest BCUT2D eigenvalue weighted by atomic mass is 9.46. The smallest absolute Gasteiger partial charge is 0.105 e. The van der Waals surface area contributed by atoms with Crippen molar-refractivity contribution in [2.75, 3.05) is 0 Å². The minimum atomic E-state index is -0.560. The third-order valence-electron chi connectivity index (χ3n) is 7.79. The number of rotatable bonds is 0. The fourth-order valence-corrected chi connectivity index (χ4v) is 6.88. The zero-order valence-corrected chi connectivity index (χ0v) is 13.1.